The average molecular weight is 440 g/mol. The number of aromatic nitrogens is 3. The zero-order valence-electron chi connectivity index (χ0n) is 16.9. The first-order chi connectivity index (χ1) is 14.6. The predicted molar refractivity (Wildman–Crippen MR) is 124 cm³/mol. The lowest BCUT2D eigenvalue weighted by Gasteiger charge is -2.24. The van der Waals surface area contributed by atoms with Crippen molar-refractivity contribution in [3.8, 4) is 0 Å². The van der Waals surface area contributed by atoms with E-state index in [1.54, 1.807) is 29.4 Å². The number of rotatable bonds is 7. The Labute approximate surface area is 184 Å². The summed E-state index contributed by atoms with van der Waals surface area (Å²) in [7, 11) is 0. The second-order valence-electron chi connectivity index (χ2n) is 6.85. The Morgan fingerprint density at radius 3 is 2.47 bits per heavy atom. The molecular weight excluding hydrogens is 418 g/mol. The largest absolute Gasteiger partial charge is 0.302 e. The molecule has 4 rings (SSSR count). The fraction of sp³-hybridized carbons (Fsp3) is 0.273. The highest BCUT2D eigenvalue weighted by Crippen LogP contribution is 2.31. The molecule has 0 spiro atoms. The maximum Gasteiger partial charge on any atom is 0.260 e. The van der Waals surface area contributed by atoms with Crippen LogP contribution < -0.4 is 4.90 Å². The van der Waals surface area contributed by atoms with Crippen LogP contribution in [0.2, 0.25) is 5.02 Å². The third-order valence-electron chi connectivity index (χ3n) is 5.07. The van der Waals surface area contributed by atoms with Crippen LogP contribution >= 0.6 is 22.9 Å². The van der Waals surface area contributed by atoms with E-state index >= 15 is 0 Å². The summed E-state index contributed by atoms with van der Waals surface area (Å²) in [6.45, 7) is 7.42. The minimum Gasteiger partial charge on any atom is -0.302 e. The topological polar surface area (TPSA) is 62.2 Å². The number of carbonyl (C=O) groups is 1. The third-order valence-corrected chi connectivity index (χ3v) is 6.34. The Morgan fingerprint density at radius 1 is 0.967 bits per heavy atom. The van der Waals surface area contributed by atoms with Crippen molar-refractivity contribution in [1.29, 1.82) is 0 Å². The van der Waals surface area contributed by atoms with Crippen LogP contribution in [-0.4, -0.2) is 51.9 Å². The molecule has 0 fully saturated rings. The number of likely N-dealkylation sites (N-methyl/N-ethyl adjacent to an activating group) is 1. The number of thiazole rings is 1. The molecule has 1 amide bonds. The molecule has 0 aliphatic rings. The number of carbonyl (C=O) groups excluding carboxylic acids is 1. The van der Waals surface area contributed by atoms with Gasteiger partial charge in [0.05, 0.1) is 21.3 Å². The van der Waals surface area contributed by atoms with Crippen molar-refractivity contribution in [3.05, 3.63) is 59.4 Å². The van der Waals surface area contributed by atoms with Gasteiger partial charge in [0.2, 0.25) is 0 Å². The van der Waals surface area contributed by atoms with Crippen LogP contribution in [0.5, 0.6) is 0 Å². The molecule has 0 aliphatic heterocycles. The van der Waals surface area contributed by atoms with Crippen molar-refractivity contribution >= 4 is 55.2 Å². The summed E-state index contributed by atoms with van der Waals surface area (Å²) in [6.07, 6.45) is 3.28. The number of benzene rings is 2. The van der Waals surface area contributed by atoms with Gasteiger partial charge in [-0.25, -0.2) is 4.98 Å². The molecule has 6 nitrogen and oxygen atoms in total. The molecule has 0 radical (unpaired) electrons. The fourth-order valence-corrected chi connectivity index (χ4v) is 4.59. The molecule has 0 saturated heterocycles. The summed E-state index contributed by atoms with van der Waals surface area (Å²) in [5, 5.41) is 1.33. The van der Waals surface area contributed by atoms with Gasteiger partial charge in [0.1, 0.15) is 0 Å². The van der Waals surface area contributed by atoms with E-state index < -0.39 is 0 Å². The van der Waals surface area contributed by atoms with Crippen LogP contribution in [0.25, 0.3) is 21.3 Å². The van der Waals surface area contributed by atoms with E-state index in [1.165, 1.54) is 11.3 Å². The normalized spacial score (nSPS) is 11.5. The van der Waals surface area contributed by atoms with Crippen LogP contribution in [0.1, 0.15) is 24.2 Å². The van der Waals surface area contributed by atoms with Crippen molar-refractivity contribution in [2.75, 3.05) is 31.1 Å². The van der Waals surface area contributed by atoms with Crippen LogP contribution in [0.4, 0.5) is 5.13 Å². The summed E-state index contributed by atoms with van der Waals surface area (Å²) < 4.78 is 0.961. The SMILES string of the molecule is CCN(CC)CCN(C(=O)c1ccc2nccnc2c1)c1nc2ccc(Cl)cc2s1. The first-order valence-corrected chi connectivity index (χ1v) is 11.1. The molecule has 0 bridgehead atoms. The van der Waals surface area contributed by atoms with E-state index in [9.17, 15) is 4.79 Å². The van der Waals surface area contributed by atoms with Crippen LogP contribution in [0.3, 0.4) is 0 Å². The van der Waals surface area contributed by atoms with Gasteiger partial charge in [0, 0.05) is 36.1 Å². The molecule has 0 saturated carbocycles. The molecule has 0 N–H and O–H groups in total. The van der Waals surface area contributed by atoms with E-state index in [-0.39, 0.29) is 5.91 Å². The van der Waals surface area contributed by atoms with E-state index in [0.29, 0.717) is 27.8 Å². The van der Waals surface area contributed by atoms with Gasteiger partial charge >= 0.3 is 0 Å². The lowest BCUT2D eigenvalue weighted by molar-refractivity contribution is 0.0984. The summed E-state index contributed by atoms with van der Waals surface area (Å²) in [4.78, 5) is 30.9. The van der Waals surface area contributed by atoms with Crippen molar-refractivity contribution in [2.24, 2.45) is 0 Å². The van der Waals surface area contributed by atoms with Gasteiger partial charge < -0.3 is 4.90 Å². The quantitative estimate of drug-likeness (QED) is 0.410. The summed E-state index contributed by atoms with van der Waals surface area (Å²) in [5.74, 6) is -0.0973. The number of nitrogens with zero attached hydrogens (tertiary/aromatic N) is 5. The van der Waals surface area contributed by atoms with Crippen molar-refractivity contribution < 1.29 is 4.79 Å². The molecule has 0 unspecified atom stereocenters. The molecule has 0 aliphatic carbocycles. The lowest BCUT2D eigenvalue weighted by Crippen LogP contribution is -2.38. The third kappa shape index (κ3) is 4.28. The highest BCUT2D eigenvalue weighted by atomic mass is 35.5. The van der Waals surface area contributed by atoms with Crippen molar-refractivity contribution in [2.45, 2.75) is 13.8 Å². The minimum atomic E-state index is -0.0973. The van der Waals surface area contributed by atoms with Gasteiger partial charge in [-0.05, 0) is 49.5 Å². The molecule has 2 aromatic carbocycles. The van der Waals surface area contributed by atoms with Crippen LogP contribution in [-0.2, 0) is 0 Å². The van der Waals surface area contributed by atoms with Crippen LogP contribution in [0.15, 0.2) is 48.8 Å². The second kappa shape index (κ2) is 9.04. The van der Waals surface area contributed by atoms with Crippen LogP contribution in [0, 0.1) is 0 Å². The highest BCUT2D eigenvalue weighted by molar-refractivity contribution is 7.22. The maximum absolute atomic E-state index is 13.5. The second-order valence-corrected chi connectivity index (χ2v) is 8.30. The van der Waals surface area contributed by atoms with Gasteiger partial charge in [0.25, 0.3) is 5.91 Å². The van der Waals surface area contributed by atoms with Gasteiger partial charge in [-0.1, -0.05) is 36.8 Å². The number of hydrogen-bond acceptors (Lipinski definition) is 6. The van der Waals surface area contributed by atoms with Crippen molar-refractivity contribution in [1.82, 2.24) is 19.9 Å². The van der Waals surface area contributed by atoms with E-state index in [2.05, 4.69) is 28.7 Å². The Kier molecular flexibility index (Phi) is 6.22. The minimum absolute atomic E-state index is 0.0973. The standard InChI is InChI=1S/C22H22ClN5OS/c1-3-27(4-2)11-12-28(22-26-18-8-6-16(23)14-20(18)30-22)21(29)15-5-7-17-19(13-15)25-10-9-24-17/h5-10,13-14H,3-4,11-12H2,1-2H3. The molecule has 4 aromatic rings. The lowest BCUT2D eigenvalue weighted by atomic mass is 10.1. The highest BCUT2D eigenvalue weighted by Gasteiger charge is 2.22. The zero-order chi connectivity index (χ0) is 21.1. The monoisotopic (exact) mass is 439 g/mol. The molecule has 2 aromatic heterocycles. The first-order valence-electron chi connectivity index (χ1n) is 9.90. The smallest absolute Gasteiger partial charge is 0.260 e. The predicted octanol–water partition coefficient (Wildman–Crippen LogP) is 4.88. The molecule has 8 heteroatoms. The molecule has 0 atom stereocenters. The Hall–Kier alpha value is -2.61. The Balaban J connectivity index is 1.71. The van der Waals surface area contributed by atoms with Crippen molar-refractivity contribution in [3.63, 3.8) is 0 Å². The summed E-state index contributed by atoms with van der Waals surface area (Å²) in [6, 6.07) is 11.0. The number of hydrogen-bond donors (Lipinski definition) is 0. The van der Waals surface area contributed by atoms with E-state index in [0.717, 1.165) is 35.4 Å². The number of amides is 1. The number of anilines is 1. The van der Waals surface area contributed by atoms with Gasteiger partial charge in [-0.15, -0.1) is 0 Å². The maximum atomic E-state index is 13.5. The van der Waals surface area contributed by atoms with E-state index in [1.807, 2.05) is 24.3 Å². The number of halogens is 1. The average Bonchev–Trinajstić information content (AvgIpc) is 3.18. The molecule has 154 valence electrons. The Bertz CT molecular complexity index is 1190. The van der Waals surface area contributed by atoms with Gasteiger partial charge in [0.15, 0.2) is 5.13 Å². The molecule has 2 heterocycles. The van der Waals surface area contributed by atoms with E-state index in [4.69, 9.17) is 16.6 Å². The van der Waals surface area contributed by atoms with Gasteiger partial charge in [-0.2, -0.15) is 0 Å². The summed E-state index contributed by atoms with van der Waals surface area (Å²) >= 11 is 7.62. The fourth-order valence-electron chi connectivity index (χ4n) is 3.32. The molecular formula is C22H22ClN5OS. The summed E-state index contributed by atoms with van der Waals surface area (Å²) in [5.41, 5.74) is 2.87. The van der Waals surface area contributed by atoms with Gasteiger partial charge in [-0.3, -0.25) is 19.7 Å². The zero-order valence-corrected chi connectivity index (χ0v) is 18.5. The first kappa shape index (κ1) is 20.7. The molecule has 30 heavy (non-hydrogen) atoms. The Morgan fingerprint density at radius 2 is 1.70 bits per heavy atom. The number of fused-ring (bicyclic) bond motifs is 2.